The summed E-state index contributed by atoms with van der Waals surface area (Å²) in [5, 5.41) is 3.42. The zero-order chi connectivity index (χ0) is 14.8. The number of hydrogen-bond acceptors (Lipinski definition) is 2. The number of nitrogens with one attached hydrogen (secondary N) is 1. The Bertz CT molecular complexity index is 443. The summed E-state index contributed by atoms with van der Waals surface area (Å²) < 4.78 is 39.2. The maximum atomic E-state index is 13.1. The van der Waals surface area contributed by atoms with E-state index in [2.05, 4.69) is 19.2 Å². The van der Waals surface area contributed by atoms with Crippen LogP contribution in [0.5, 0.6) is 0 Å². The normalized spacial score (nSPS) is 20.5. The monoisotopic (exact) mass is 286 g/mol. The number of anilines is 1. The van der Waals surface area contributed by atoms with Crippen LogP contribution in [-0.4, -0.2) is 25.2 Å². The van der Waals surface area contributed by atoms with Crippen LogP contribution in [0.1, 0.15) is 32.3 Å². The summed E-state index contributed by atoms with van der Waals surface area (Å²) in [6, 6.07) is 6.45. The van der Waals surface area contributed by atoms with Crippen molar-refractivity contribution in [1.29, 1.82) is 0 Å². The molecule has 1 aliphatic heterocycles. The van der Waals surface area contributed by atoms with E-state index in [0.29, 0.717) is 24.8 Å². The van der Waals surface area contributed by atoms with Crippen LogP contribution in [0.2, 0.25) is 0 Å². The van der Waals surface area contributed by atoms with Crippen LogP contribution < -0.4 is 10.2 Å². The number of nitrogens with zero attached hydrogens (tertiary/aromatic N) is 1. The first-order valence-corrected chi connectivity index (χ1v) is 7.05. The zero-order valence-electron chi connectivity index (χ0n) is 11.9. The molecule has 1 heterocycles. The molecule has 0 bridgehead atoms. The van der Waals surface area contributed by atoms with E-state index < -0.39 is 11.7 Å². The number of rotatable bonds is 3. The van der Waals surface area contributed by atoms with Gasteiger partial charge >= 0.3 is 6.18 Å². The Morgan fingerprint density at radius 3 is 2.60 bits per heavy atom. The van der Waals surface area contributed by atoms with Gasteiger partial charge in [-0.25, -0.2) is 0 Å². The molecule has 2 rings (SSSR count). The molecule has 1 aromatic rings. The molecule has 0 radical (unpaired) electrons. The molecule has 1 atom stereocenters. The van der Waals surface area contributed by atoms with Gasteiger partial charge in [-0.15, -0.1) is 0 Å². The molecule has 1 N–H and O–H groups in total. The molecule has 5 heteroatoms. The molecule has 1 saturated heterocycles. The minimum Gasteiger partial charge on any atom is -0.369 e. The van der Waals surface area contributed by atoms with Gasteiger partial charge in [0.15, 0.2) is 0 Å². The third kappa shape index (κ3) is 3.66. The molecule has 112 valence electrons. The first kappa shape index (κ1) is 15.2. The van der Waals surface area contributed by atoms with Gasteiger partial charge in [0.1, 0.15) is 0 Å². The van der Waals surface area contributed by atoms with Crippen molar-refractivity contribution in [3.63, 3.8) is 0 Å². The summed E-state index contributed by atoms with van der Waals surface area (Å²) in [4.78, 5) is 1.85. The minimum atomic E-state index is -4.30. The Labute approximate surface area is 118 Å². The second-order valence-corrected chi connectivity index (χ2v) is 5.62. The van der Waals surface area contributed by atoms with Crippen molar-refractivity contribution in [3.05, 3.63) is 29.8 Å². The molecular formula is C15H21F3N2. The molecule has 0 aromatic heterocycles. The van der Waals surface area contributed by atoms with Gasteiger partial charge in [-0.05, 0) is 25.0 Å². The number of alkyl halides is 3. The second-order valence-electron chi connectivity index (χ2n) is 5.62. The number of hydrogen-bond donors (Lipinski definition) is 1. The molecule has 0 spiro atoms. The maximum Gasteiger partial charge on any atom is 0.418 e. The van der Waals surface area contributed by atoms with Gasteiger partial charge in [-0.3, -0.25) is 0 Å². The first-order chi connectivity index (χ1) is 9.38. The van der Waals surface area contributed by atoms with Crippen molar-refractivity contribution >= 4 is 5.69 Å². The van der Waals surface area contributed by atoms with Gasteiger partial charge in [-0.1, -0.05) is 26.0 Å². The summed E-state index contributed by atoms with van der Waals surface area (Å²) in [7, 11) is 0. The average Bonchev–Trinajstić information content (AvgIpc) is 2.37. The van der Waals surface area contributed by atoms with Crippen LogP contribution in [0.4, 0.5) is 18.9 Å². The number of halogens is 3. The lowest BCUT2D eigenvalue weighted by Gasteiger charge is -2.37. The third-order valence-electron chi connectivity index (χ3n) is 3.54. The SMILES string of the molecule is CC(C)NC1CCCN(c2ccccc2C(F)(F)F)C1. The fraction of sp³-hybridized carbons (Fsp3) is 0.600. The molecule has 20 heavy (non-hydrogen) atoms. The lowest BCUT2D eigenvalue weighted by atomic mass is 10.0. The van der Waals surface area contributed by atoms with E-state index in [1.807, 2.05) is 4.90 Å². The first-order valence-electron chi connectivity index (χ1n) is 7.05. The van der Waals surface area contributed by atoms with E-state index in [9.17, 15) is 13.2 Å². The highest BCUT2D eigenvalue weighted by atomic mass is 19.4. The number of benzene rings is 1. The van der Waals surface area contributed by atoms with E-state index in [4.69, 9.17) is 0 Å². The highest BCUT2D eigenvalue weighted by Gasteiger charge is 2.35. The smallest absolute Gasteiger partial charge is 0.369 e. The van der Waals surface area contributed by atoms with Gasteiger partial charge in [0, 0.05) is 30.9 Å². The van der Waals surface area contributed by atoms with Gasteiger partial charge in [0.05, 0.1) is 5.56 Å². The van der Waals surface area contributed by atoms with Crippen molar-refractivity contribution in [1.82, 2.24) is 5.32 Å². The van der Waals surface area contributed by atoms with E-state index in [1.165, 1.54) is 6.07 Å². The number of para-hydroxylation sites is 1. The van der Waals surface area contributed by atoms with Crippen LogP contribution >= 0.6 is 0 Å². The lowest BCUT2D eigenvalue weighted by molar-refractivity contribution is -0.137. The zero-order valence-corrected chi connectivity index (χ0v) is 11.9. The van der Waals surface area contributed by atoms with E-state index in [0.717, 1.165) is 18.9 Å². The van der Waals surface area contributed by atoms with E-state index in [1.54, 1.807) is 12.1 Å². The quantitative estimate of drug-likeness (QED) is 0.912. The minimum absolute atomic E-state index is 0.255. The Morgan fingerprint density at radius 1 is 1.25 bits per heavy atom. The van der Waals surface area contributed by atoms with E-state index >= 15 is 0 Å². The molecule has 1 unspecified atom stereocenters. The van der Waals surface area contributed by atoms with E-state index in [-0.39, 0.29) is 6.04 Å². The van der Waals surface area contributed by atoms with Crippen molar-refractivity contribution in [2.45, 2.75) is 44.9 Å². The largest absolute Gasteiger partial charge is 0.418 e. The molecule has 0 saturated carbocycles. The fourth-order valence-electron chi connectivity index (χ4n) is 2.79. The van der Waals surface area contributed by atoms with Crippen molar-refractivity contribution in [2.75, 3.05) is 18.0 Å². The van der Waals surface area contributed by atoms with Gasteiger partial charge in [-0.2, -0.15) is 13.2 Å². The summed E-state index contributed by atoms with van der Waals surface area (Å²) in [6.07, 6.45) is -2.37. The molecule has 1 aromatic carbocycles. The Hall–Kier alpha value is -1.23. The Kier molecular flexibility index (Phi) is 4.58. The Morgan fingerprint density at radius 2 is 1.95 bits per heavy atom. The van der Waals surface area contributed by atoms with Crippen LogP contribution in [-0.2, 0) is 6.18 Å². The molecule has 0 aliphatic carbocycles. The molecule has 1 aliphatic rings. The Balaban J connectivity index is 2.19. The van der Waals surface area contributed by atoms with Crippen molar-refractivity contribution in [3.8, 4) is 0 Å². The van der Waals surface area contributed by atoms with Crippen LogP contribution in [0.15, 0.2) is 24.3 Å². The lowest BCUT2D eigenvalue weighted by Crippen LogP contribution is -2.48. The van der Waals surface area contributed by atoms with Crippen molar-refractivity contribution < 1.29 is 13.2 Å². The highest BCUT2D eigenvalue weighted by molar-refractivity contribution is 5.55. The van der Waals surface area contributed by atoms with Crippen molar-refractivity contribution in [2.24, 2.45) is 0 Å². The van der Waals surface area contributed by atoms with Crippen LogP contribution in [0.3, 0.4) is 0 Å². The highest BCUT2D eigenvalue weighted by Crippen LogP contribution is 2.37. The summed E-state index contributed by atoms with van der Waals surface area (Å²) >= 11 is 0. The fourth-order valence-corrected chi connectivity index (χ4v) is 2.79. The van der Waals surface area contributed by atoms with Gasteiger partial charge in [0.2, 0.25) is 0 Å². The molecular weight excluding hydrogens is 265 g/mol. The number of piperidine rings is 1. The molecule has 2 nitrogen and oxygen atoms in total. The van der Waals surface area contributed by atoms with Crippen LogP contribution in [0.25, 0.3) is 0 Å². The van der Waals surface area contributed by atoms with Gasteiger partial charge in [0.25, 0.3) is 0 Å². The maximum absolute atomic E-state index is 13.1. The third-order valence-corrected chi connectivity index (χ3v) is 3.54. The average molecular weight is 286 g/mol. The predicted octanol–water partition coefficient (Wildman–Crippen LogP) is 3.67. The summed E-state index contributed by atoms with van der Waals surface area (Å²) in [5.41, 5.74) is -0.236. The van der Waals surface area contributed by atoms with Gasteiger partial charge < -0.3 is 10.2 Å². The predicted molar refractivity (Wildman–Crippen MR) is 75.0 cm³/mol. The summed E-state index contributed by atoms with van der Waals surface area (Å²) in [6.45, 7) is 5.43. The topological polar surface area (TPSA) is 15.3 Å². The standard InChI is InChI=1S/C15H21F3N2/c1-11(2)19-12-6-5-9-20(10-12)14-8-4-3-7-13(14)15(16,17)18/h3-4,7-8,11-12,19H,5-6,9-10H2,1-2H3. The van der Waals surface area contributed by atoms with Crippen LogP contribution in [0, 0.1) is 0 Å². The molecule has 1 fully saturated rings. The molecule has 0 amide bonds. The second kappa shape index (κ2) is 6.04. The summed E-state index contributed by atoms with van der Waals surface area (Å²) in [5.74, 6) is 0.